The number of amides is 3. The van der Waals surface area contributed by atoms with E-state index in [1.807, 2.05) is 72.8 Å². The number of rotatable bonds is 4. The van der Waals surface area contributed by atoms with E-state index in [0.29, 0.717) is 25.2 Å². The third kappa shape index (κ3) is 4.44. The number of likely N-dealkylation sites (tertiary alicyclic amines) is 1. The molecule has 1 N–H and O–H groups in total. The maximum atomic E-state index is 13.1. The molecule has 0 aliphatic carbocycles. The van der Waals surface area contributed by atoms with Gasteiger partial charge in [-0.3, -0.25) is 4.79 Å². The molecular weight excluding hydrogens is 394 g/mol. The van der Waals surface area contributed by atoms with E-state index in [1.165, 1.54) is 0 Å². The van der Waals surface area contributed by atoms with Crippen molar-refractivity contribution in [3.8, 4) is 0 Å². The van der Waals surface area contributed by atoms with Crippen molar-refractivity contribution in [3.05, 3.63) is 78.4 Å². The molecular formula is C24H25N3O2S. The van der Waals surface area contributed by atoms with Crippen LogP contribution in [0.1, 0.15) is 12.0 Å². The molecule has 0 aromatic heterocycles. The highest BCUT2D eigenvalue weighted by atomic mass is 32.1. The second-order valence-electron chi connectivity index (χ2n) is 7.73. The minimum absolute atomic E-state index is 0.0218. The lowest BCUT2D eigenvalue weighted by atomic mass is 10.1. The first-order chi connectivity index (χ1) is 14.5. The summed E-state index contributed by atoms with van der Waals surface area (Å²) >= 11 is 4.55. The lowest BCUT2D eigenvalue weighted by Crippen LogP contribution is -2.47. The number of fused-ring (bicyclic) bond motifs is 1. The maximum absolute atomic E-state index is 13.1. The minimum atomic E-state index is -0.512. The van der Waals surface area contributed by atoms with Gasteiger partial charge in [-0.15, -0.1) is 0 Å². The average Bonchev–Trinajstić information content (AvgIpc) is 3.15. The van der Waals surface area contributed by atoms with Crippen LogP contribution in [0.5, 0.6) is 0 Å². The van der Waals surface area contributed by atoms with Crippen LogP contribution in [0.25, 0.3) is 10.8 Å². The Morgan fingerprint density at radius 3 is 2.50 bits per heavy atom. The quantitative estimate of drug-likeness (QED) is 0.616. The molecule has 0 bridgehead atoms. The smallest absolute Gasteiger partial charge is 0.322 e. The van der Waals surface area contributed by atoms with Crippen LogP contribution < -0.4 is 5.32 Å². The predicted molar refractivity (Wildman–Crippen MR) is 124 cm³/mol. The third-order valence-electron chi connectivity index (χ3n) is 5.46. The van der Waals surface area contributed by atoms with E-state index >= 15 is 0 Å². The Kier molecular flexibility index (Phi) is 5.95. The van der Waals surface area contributed by atoms with E-state index in [2.05, 4.69) is 17.9 Å². The fraction of sp³-hybridized carbons (Fsp3) is 0.250. The van der Waals surface area contributed by atoms with Crippen molar-refractivity contribution in [1.29, 1.82) is 0 Å². The number of hydrogen-bond acceptors (Lipinski definition) is 3. The zero-order chi connectivity index (χ0) is 21.1. The molecule has 30 heavy (non-hydrogen) atoms. The number of likely N-dealkylation sites (N-methyl/N-ethyl adjacent to an activating group) is 1. The number of nitrogens with one attached hydrogen (secondary N) is 1. The van der Waals surface area contributed by atoms with Crippen molar-refractivity contribution >= 4 is 41.0 Å². The van der Waals surface area contributed by atoms with Crippen LogP contribution >= 0.6 is 12.6 Å². The summed E-state index contributed by atoms with van der Waals surface area (Å²) in [6, 6.07) is 22.9. The first-order valence-corrected chi connectivity index (χ1v) is 10.6. The van der Waals surface area contributed by atoms with Gasteiger partial charge in [-0.2, -0.15) is 12.6 Å². The molecule has 0 unspecified atom stereocenters. The van der Waals surface area contributed by atoms with Crippen molar-refractivity contribution in [1.82, 2.24) is 9.80 Å². The fourth-order valence-corrected chi connectivity index (χ4v) is 4.30. The monoisotopic (exact) mass is 419 g/mol. The SMILES string of the molecule is CN(Cc1ccccc1)C(=O)[C@H]1C[C@@H](S)CN1C(=O)Nc1ccc2ccccc2c1. The number of carbonyl (C=O) groups is 2. The van der Waals surface area contributed by atoms with Crippen molar-refractivity contribution in [2.45, 2.75) is 24.3 Å². The van der Waals surface area contributed by atoms with Crippen LogP contribution in [0.3, 0.4) is 0 Å². The second kappa shape index (κ2) is 8.79. The number of anilines is 1. The molecule has 5 nitrogen and oxygen atoms in total. The van der Waals surface area contributed by atoms with Gasteiger partial charge in [0.2, 0.25) is 5.91 Å². The standard InChI is InChI=1S/C24H25N3O2S/c1-26(15-17-7-3-2-4-8-17)23(28)22-14-21(30)16-27(22)24(29)25-20-12-11-18-9-5-6-10-19(18)13-20/h2-13,21-22,30H,14-16H2,1H3,(H,25,29)/t21-,22-/m1/s1. The Morgan fingerprint density at radius 1 is 1.03 bits per heavy atom. The summed E-state index contributed by atoms with van der Waals surface area (Å²) in [5.41, 5.74) is 1.77. The Bertz CT molecular complexity index is 1060. The molecule has 0 spiro atoms. The molecule has 6 heteroatoms. The number of nitrogens with zero attached hydrogens (tertiary/aromatic N) is 2. The van der Waals surface area contributed by atoms with E-state index in [9.17, 15) is 9.59 Å². The van der Waals surface area contributed by atoms with Gasteiger partial charge in [0.15, 0.2) is 0 Å². The van der Waals surface area contributed by atoms with E-state index in [4.69, 9.17) is 0 Å². The molecule has 1 fully saturated rings. The summed E-state index contributed by atoms with van der Waals surface area (Å²) in [7, 11) is 1.78. The molecule has 3 aromatic rings. The summed E-state index contributed by atoms with van der Waals surface area (Å²) in [6.45, 7) is 0.950. The van der Waals surface area contributed by atoms with Gasteiger partial charge in [-0.05, 0) is 34.9 Å². The number of hydrogen-bond donors (Lipinski definition) is 2. The summed E-state index contributed by atoms with van der Waals surface area (Å²) in [5.74, 6) is -0.0657. The highest BCUT2D eigenvalue weighted by Gasteiger charge is 2.39. The van der Waals surface area contributed by atoms with E-state index in [-0.39, 0.29) is 17.2 Å². The average molecular weight is 420 g/mol. The zero-order valence-corrected chi connectivity index (χ0v) is 17.8. The Hall–Kier alpha value is -2.99. The van der Waals surface area contributed by atoms with Gasteiger partial charge in [0.05, 0.1) is 0 Å². The molecule has 3 aromatic carbocycles. The van der Waals surface area contributed by atoms with Crippen molar-refractivity contribution in [2.75, 3.05) is 18.9 Å². The Balaban J connectivity index is 1.47. The third-order valence-corrected chi connectivity index (χ3v) is 5.84. The number of benzene rings is 3. The molecule has 154 valence electrons. The lowest BCUT2D eigenvalue weighted by Gasteiger charge is -2.28. The summed E-state index contributed by atoms with van der Waals surface area (Å²) in [4.78, 5) is 29.4. The van der Waals surface area contributed by atoms with Crippen LogP contribution in [-0.2, 0) is 11.3 Å². The number of urea groups is 1. The Labute approximate surface area is 182 Å². The Morgan fingerprint density at radius 2 is 1.73 bits per heavy atom. The van der Waals surface area contributed by atoms with Gasteiger partial charge in [-0.1, -0.05) is 60.7 Å². The van der Waals surface area contributed by atoms with Crippen molar-refractivity contribution < 1.29 is 9.59 Å². The molecule has 1 aliphatic heterocycles. The molecule has 4 rings (SSSR count). The van der Waals surface area contributed by atoms with Gasteiger partial charge < -0.3 is 15.1 Å². The second-order valence-corrected chi connectivity index (χ2v) is 8.46. The molecule has 1 aliphatic rings. The predicted octanol–water partition coefficient (Wildman–Crippen LogP) is 4.40. The fourth-order valence-electron chi connectivity index (χ4n) is 3.92. The zero-order valence-electron chi connectivity index (χ0n) is 16.9. The van der Waals surface area contributed by atoms with Gasteiger partial charge in [0.1, 0.15) is 6.04 Å². The van der Waals surface area contributed by atoms with Gasteiger partial charge in [0.25, 0.3) is 0 Å². The lowest BCUT2D eigenvalue weighted by molar-refractivity contribution is -0.134. The molecule has 0 radical (unpaired) electrons. The largest absolute Gasteiger partial charge is 0.340 e. The molecule has 1 saturated heterocycles. The van der Waals surface area contributed by atoms with Crippen molar-refractivity contribution in [2.24, 2.45) is 0 Å². The topological polar surface area (TPSA) is 52.7 Å². The van der Waals surface area contributed by atoms with Crippen LogP contribution in [0.2, 0.25) is 0 Å². The van der Waals surface area contributed by atoms with Gasteiger partial charge in [0, 0.05) is 31.1 Å². The van der Waals surface area contributed by atoms with Gasteiger partial charge in [-0.25, -0.2) is 4.79 Å². The van der Waals surface area contributed by atoms with Crippen LogP contribution in [0, 0.1) is 0 Å². The minimum Gasteiger partial charge on any atom is -0.340 e. The van der Waals surface area contributed by atoms with Crippen LogP contribution in [-0.4, -0.2) is 46.6 Å². The summed E-state index contributed by atoms with van der Waals surface area (Å²) < 4.78 is 0. The maximum Gasteiger partial charge on any atom is 0.322 e. The van der Waals surface area contributed by atoms with Crippen LogP contribution in [0.15, 0.2) is 72.8 Å². The molecule has 0 saturated carbocycles. The normalized spacial score (nSPS) is 18.4. The van der Waals surface area contributed by atoms with E-state index in [0.717, 1.165) is 16.3 Å². The molecule has 3 amide bonds. The summed E-state index contributed by atoms with van der Waals surface area (Å²) in [6.07, 6.45) is 0.548. The van der Waals surface area contributed by atoms with Gasteiger partial charge >= 0.3 is 6.03 Å². The number of thiol groups is 1. The highest BCUT2D eigenvalue weighted by molar-refractivity contribution is 7.81. The first kappa shape index (κ1) is 20.3. The first-order valence-electron chi connectivity index (χ1n) is 10.0. The van der Waals surface area contributed by atoms with Crippen LogP contribution in [0.4, 0.5) is 10.5 Å². The van der Waals surface area contributed by atoms with E-state index in [1.54, 1.807) is 16.8 Å². The summed E-state index contributed by atoms with van der Waals surface area (Å²) in [5, 5.41) is 5.10. The highest BCUT2D eigenvalue weighted by Crippen LogP contribution is 2.26. The molecule has 2 atom stereocenters. The van der Waals surface area contributed by atoms with E-state index < -0.39 is 6.04 Å². The molecule has 1 heterocycles. The van der Waals surface area contributed by atoms with Crippen molar-refractivity contribution in [3.63, 3.8) is 0 Å². The number of carbonyl (C=O) groups excluding carboxylic acids is 2.